The second-order valence-corrected chi connectivity index (χ2v) is 5.99. The van der Waals surface area contributed by atoms with Gasteiger partial charge in [0.25, 0.3) is 0 Å². The van der Waals surface area contributed by atoms with Gasteiger partial charge in [0.2, 0.25) is 0 Å². The summed E-state index contributed by atoms with van der Waals surface area (Å²) >= 11 is 6.00. The molecule has 0 heterocycles. The molecule has 0 aliphatic rings. The highest BCUT2D eigenvalue weighted by atomic mass is 35.5. The topological polar surface area (TPSA) is 12.0 Å². The van der Waals surface area contributed by atoms with Crippen LogP contribution >= 0.6 is 11.6 Å². The van der Waals surface area contributed by atoms with Crippen molar-refractivity contribution in [3.05, 3.63) is 70.2 Å². The molecule has 0 radical (unpaired) electrons. The number of hydrogen-bond donors (Lipinski definition) is 1. The quantitative estimate of drug-likeness (QED) is 0.785. The minimum atomic E-state index is 0.329. The molecule has 2 heteroatoms. The van der Waals surface area contributed by atoms with Crippen LogP contribution in [0.25, 0.3) is 0 Å². The van der Waals surface area contributed by atoms with Gasteiger partial charge in [0, 0.05) is 17.6 Å². The van der Waals surface area contributed by atoms with Gasteiger partial charge in [-0.3, -0.25) is 0 Å². The fraction of sp³-hybridized carbons (Fsp3) is 0.333. The van der Waals surface area contributed by atoms with Gasteiger partial charge in [-0.05, 0) is 41.7 Å². The van der Waals surface area contributed by atoms with Crippen molar-refractivity contribution in [1.82, 2.24) is 5.32 Å². The lowest BCUT2D eigenvalue weighted by Gasteiger charge is -2.15. The SMILES string of the molecule is CC(C)c1ccc(C(C)NCc2cccc(Cl)c2)cc1. The molecule has 2 rings (SSSR count). The predicted molar refractivity (Wildman–Crippen MR) is 87.2 cm³/mol. The molecule has 2 aromatic carbocycles. The van der Waals surface area contributed by atoms with E-state index in [0.717, 1.165) is 11.6 Å². The molecule has 0 aliphatic heterocycles. The molecule has 106 valence electrons. The molecule has 0 fully saturated rings. The van der Waals surface area contributed by atoms with Gasteiger partial charge in [0.1, 0.15) is 0 Å². The Kier molecular flexibility index (Phi) is 5.22. The van der Waals surface area contributed by atoms with Crippen molar-refractivity contribution >= 4 is 11.6 Å². The standard InChI is InChI=1S/C18H22ClN/c1-13(2)16-7-9-17(10-8-16)14(3)20-12-15-5-4-6-18(19)11-15/h4-11,13-14,20H,12H2,1-3H3. The summed E-state index contributed by atoms with van der Waals surface area (Å²) in [6, 6.07) is 17.2. The van der Waals surface area contributed by atoms with E-state index in [1.54, 1.807) is 0 Å². The first kappa shape index (κ1) is 15.1. The summed E-state index contributed by atoms with van der Waals surface area (Å²) in [5, 5.41) is 4.32. The summed E-state index contributed by atoms with van der Waals surface area (Å²) in [5.74, 6) is 0.582. The smallest absolute Gasteiger partial charge is 0.0409 e. The Balaban J connectivity index is 1.96. The highest BCUT2D eigenvalue weighted by Crippen LogP contribution is 2.19. The minimum Gasteiger partial charge on any atom is -0.306 e. The Bertz CT molecular complexity index is 546. The first-order chi connectivity index (χ1) is 9.56. The van der Waals surface area contributed by atoms with E-state index in [4.69, 9.17) is 11.6 Å². The zero-order chi connectivity index (χ0) is 14.5. The summed E-state index contributed by atoms with van der Waals surface area (Å²) in [4.78, 5) is 0. The summed E-state index contributed by atoms with van der Waals surface area (Å²) in [7, 11) is 0. The summed E-state index contributed by atoms with van der Waals surface area (Å²) < 4.78 is 0. The van der Waals surface area contributed by atoms with E-state index in [0.29, 0.717) is 12.0 Å². The van der Waals surface area contributed by atoms with Crippen LogP contribution in [0.15, 0.2) is 48.5 Å². The van der Waals surface area contributed by atoms with Gasteiger partial charge >= 0.3 is 0 Å². The van der Waals surface area contributed by atoms with Crippen molar-refractivity contribution in [2.45, 2.75) is 39.3 Å². The molecule has 20 heavy (non-hydrogen) atoms. The van der Waals surface area contributed by atoms with Gasteiger partial charge < -0.3 is 5.32 Å². The Morgan fingerprint density at radius 1 is 0.950 bits per heavy atom. The van der Waals surface area contributed by atoms with Crippen LogP contribution < -0.4 is 5.32 Å². The molecule has 1 nitrogen and oxygen atoms in total. The zero-order valence-electron chi connectivity index (χ0n) is 12.4. The van der Waals surface area contributed by atoms with Crippen LogP contribution in [0.4, 0.5) is 0 Å². The second kappa shape index (κ2) is 6.92. The van der Waals surface area contributed by atoms with E-state index < -0.39 is 0 Å². The molecule has 1 unspecified atom stereocenters. The van der Waals surface area contributed by atoms with Crippen LogP contribution in [0.1, 0.15) is 49.4 Å². The number of benzene rings is 2. The lowest BCUT2D eigenvalue weighted by atomic mass is 9.99. The molecule has 1 N–H and O–H groups in total. The van der Waals surface area contributed by atoms with E-state index in [9.17, 15) is 0 Å². The average Bonchev–Trinajstić information content (AvgIpc) is 2.45. The number of halogens is 1. The normalized spacial score (nSPS) is 12.7. The molecule has 2 aromatic rings. The van der Waals surface area contributed by atoms with Gasteiger partial charge in [-0.2, -0.15) is 0 Å². The van der Waals surface area contributed by atoms with Crippen molar-refractivity contribution in [1.29, 1.82) is 0 Å². The second-order valence-electron chi connectivity index (χ2n) is 5.55. The summed E-state index contributed by atoms with van der Waals surface area (Å²) in [6.07, 6.45) is 0. The first-order valence-corrected chi connectivity index (χ1v) is 7.51. The molecule has 0 saturated heterocycles. The van der Waals surface area contributed by atoms with Crippen LogP contribution in [0.3, 0.4) is 0 Å². The lowest BCUT2D eigenvalue weighted by Crippen LogP contribution is -2.18. The third kappa shape index (κ3) is 4.09. The van der Waals surface area contributed by atoms with Crippen molar-refractivity contribution in [2.24, 2.45) is 0 Å². The Morgan fingerprint density at radius 2 is 1.60 bits per heavy atom. The molecule has 0 bridgehead atoms. The lowest BCUT2D eigenvalue weighted by molar-refractivity contribution is 0.574. The van der Waals surface area contributed by atoms with E-state index in [1.807, 2.05) is 18.2 Å². The molecule has 0 aliphatic carbocycles. The molecule has 0 saturated carbocycles. The van der Waals surface area contributed by atoms with Crippen molar-refractivity contribution in [2.75, 3.05) is 0 Å². The molecule has 0 aromatic heterocycles. The van der Waals surface area contributed by atoms with E-state index >= 15 is 0 Å². The number of nitrogens with one attached hydrogen (secondary N) is 1. The molecular weight excluding hydrogens is 266 g/mol. The Morgan fingerprint density at radius 3 is 2.20 bits per heavy atom. The molecule has 0 spiro atoms. The van der Waals surface area contributed by atoms with Gasteiger partial charge in [-0.25, -0.2) is 0 Å². The maximum Gasteiger partial charge on any atom is 0.0409 e. The monoisotopic (exact) mass is 287 g/mol. The van der Waals surface area contributed by atoms with E-state index in [2.05, 4.69) is 56.4 Å². The maximum absolute atomic E-state index is 6.00. The average molecular weight is 288 g/mol. The molecular formula is C18H22ClN. The zero-order valence-corrected chi connectivity index (χ0v) is 13.1. The van der Waals surface area contributed by atoms with Gasteiger partial charge in [-0.15, -0.1) is 0 Å². The van der Waals surface area contributed by atoms with E-state index in [1.165, 1.54) is 16.7 Å². The maximum atomic E-state index is 6.00. The van der Waals surface area contributed by atoms with Crippen molar-refractivity contribution in [3.63, 3.8) is 0 Å². The first-order valence-electron chi connectivity index (χ1n) is 7.14. The van der Waals surface area contributed by atoms with Gasteiger partial charge in [-0.1, -0.05) is 61.8 Å². The van der Waals surface area contributed by atoms with E-state index in [-0.39, 0.29) is 0 Å². The Labute approximate surface area is 127 Å². The fourth-order valence-corrected chi connectivity index (χ4v) is 2.42. The third-order valence-electron chi connectivity index (χ3n) is 3.60. The number of rotatable bonds is 5. The minimum absolute atomic E-state index is 0.329. The summed E-state index contributed by atoms with van der Waals surface area (Å²) in [6.45, 7) is 7.45. The van der Waals surface area contributed by atoms with Crippen molar-refractivity contribution in [3.8, 4) is 0 Å². The van der Waals surface area contributed by atoms with Crippen LogP contribution in [-0.2, 0) is 6.54 Å². The third-order valence-corrected chi connectivity index (χ3v) is 3.84. The highest BCUT2D eigenvalue weighted by molar-refractivity contribution is 6.30. The van der Waals surface area contributed by atoms with Crippen LogP contribution in [0.5, 0.6) is 0 Å². The van der Waals surface area contributed by atoms with Crippen LogP contribution in [0.2, 0.25) is 5.02 Å². The van der Waals surface area contributed by atoms with Crippen LogP contribution in [0, 0.1) is 0 Å². The predicted octanol–water partition coefficient (Wildman–Crippen LogP) is 5.31. The van der Waals surface area contributed by atoms with Crippen molar-refractivity contribution < 1.29 is 0 Å². The van der Waals surface area contributed by atoms with Crippen LogP contribution in [-0.4, -0.2) is 0 Å². The fourth-order valence-electron chi connectivity index (χ4n) is 2.21. The molecule has 0 amide bonds. The Hall–Kier alpha value is -1.31. The summed E-state index contributed by atoms with van der Waals surface area (Å²) in [5.41, 5.74) is 3.91. The van der Waals surface area contributed by atoms with Gasteiger partial charge in [0.05, 0.1) is 0 Å². The molecule has 1 atom stereocenters. The number of hydrogen-bond acceptors (Lipinski definition) is 1. The largest absolute Gasteiger partial charge is 0.306 e. The van der Waals surface area contributed by atoms with Gasteiger partial charge in [0.15, 0.2) is 0 Å². The highest BCUT2D eigenvalue weighted by Gasteiger charge is 2.06.